The van der Waals surface area contributed by atoms with E-state index in [1.54, 1.807) is 15.8 Å². The molecule has 2 heterocycles. The number of nitrogens with zero attached hydrogens (tertiary/aromatic N) is 4. The van der Waals surface area contributed by atoms with Gasteiger partial charge in [-0.05, 0) is 18.4 Å². The van der Waals surface area contributed by atoms with Crippen molar-refractivity contribution in [2.75, 3.05) is 32.5 Å². The van der Waals surface area contributed by atoms with Crippen LogP contribution < -0.4 is 5.32 Å². The first-order chi connectivity index (χ1) is 12.0. The summed E-state index contributed by atoms with van der Waals surface area (Å²) >= 11 is 0. The monoisotopic (exact) mass is 341 g/mol. The van der Waals surface area contributed by atoms with E-state index in [2.05, 4.69) is 39.6 Å². The first-order valence-electron chi connectivity index (χ1n) is 8.74. The lowest BCUT2D eigenvalue weighted by Gasteiger charge is -2.42. The Balaban J connectivity index is 1.72. The summed E-state index contributed by atoms with van der Waals surface area (Å²) in [4.78, 5) is 17.0. The van der Waals surface area contributed by atoms with Gasteiger partial charge in [0.05, 0.1) is 6.20 Å². The number of piperidine rings is 1. The lowest BCUT2D eigenvalue weighted by atomic mass is 9.85. The third-order valence-corrected chi connectivity index (χ3v) is 4.96. The summed E-state index contributed by atoms with van der Waals surface area (Å²) in [6, 6.07) is 12.4. The van der Waals surface area contributed by atoms with E-state index < -0.39 is 5.54 Å². The van der Waals surface area contributed by atoms with Crippen molar-refractivity contribution in [3.8, 4) is 0 Å². The average molecular weight is 341 g/mol. The van der Waals surface area contributed by atoms with Gasteiger partial charge in [0, 0.05) is 46.8 Å². The van der Waals surface area contributed by atoms with Crippen molar-refractivity contribution in [3.63, 3.8) is 0 Å². The van der Waals surface area contributed by atoms with Crippen molar-refractivity contribution in [1.82, 2.24) is 19.6 Å². The van der Waals surface area contributed by atoms with Gasteiger partial charge in [0.2, 0.25) is 5.91 Å². The lowest BCUT2D eigenvalue weighted by Crippen LogP contribution is -2.58. The van der Waals surface area contributed by atoms with Crippen LogP contribution in [0.15, 0.2) is 42.6 Å². The van der Waals surface area contributed by atoms with Crippen LogP contribution in [0.5, 0.6) is 0 Å². The summed E-state index contributed by atoms with van der Waals surface area (Å²) in [5.41, 5.74) is 0.748. The Hall–Kier alpha value is -2.34. The highest BCUT2D eigenvalue weighted by atomic mass is 16.2. The van der Waals surface area contributed by atoms with Crippen LogP contribution in [-0.2, 0) is 18.4 Å². The second kappa shape index (κ2) is 7.27. The van der Waals surface area contributed by atoms with Crippen LogP contribution >= 0.6 is 0 Å². The minimum atomic E-state index is -0.565. The number of hydrogen-bond donors (Lipinski definition) is 1. The molecule has 0 bridgehead atoms. The zero-order valence-corrected chi connectivity index (χ0v) is 15.3. The summed E-state index contributed by atoms with van der Waals surface area (Å²) < 4.78 is 1.78. The van der Waals surface area contributed by atoms with Crippen molar-refractivity contribution in [2.45, 2.75) is 24.9 Å². The minimum Gasteiger partial charge on any atom is -0.356 e. The first-order valence-corrected chi connectivity index (χ1v) is 8.74. The molecule has 25 heavy (non-hydrogen) atoms. The fourth-order valence-corrected chi connectivity index (χ4v) is 3.50. The molecule has 0 radical (unpaired) electrons. The highest BCUT2D eigenvalue weighted by Gasteiger charge is 2.42. The summed E-state index contributed by atoms with van der Waals surface area (Å²) in [5.74, 6) is 1.01. The summed E-state index contributed by atoms with van der Waals surface area (Å²) in [7, 11) is 5.54. The van der Waals surface area contributed by atoms with Gasteiger partial charge in [0.15, 0.2) is 0 Å². The van der Waals surface area contributed by atoms with Crippen LogP contribution in [0, 0.1) is 0 Å². The van der Waals surface area contributed by atoms with Crippen LogP contribution in [0.2, 0.25) is 0 Å². The maximum absolute atomic E-state index is 12.9. The molecule has 0 spiro atoms. The van der Waals surface area contributed by atoms with Gasteiger partial charge in [0.25, 0.3) is 0 Å². The van der Waals surface area contributed by atoms with Crippen LogP contribution in [0.3, 0.4) is 0 Å². The second-order valence-corrected chi connectivity index (χ2v) is 7.01. The predicted molar refractivity (Wildman–Crippen MR) is 99.2 cm³/mol. The van der Waals surface area contributed by atoms with Gasteiger partial charge >= 0.3 is 0 Å². The molecule has 1 saturated heterocycles. The first kappa shape index (κ1) is 17.5. The third-order valence-electron chi connectivity index (χ3n) is 4.96. The van der Waals surface area contributed by atoms with Crippen molar-refractivity contribution >= 4 is 11.7 Å². The van der Waals surface area contributed by atoms with Gasteiger partial charge in [-0.3, -0.25) is 14.4 Å². The number of carbonyl (C=O) groups is 1. The lowest BCUT2D eigenvalue weighted by molar-refractivity contribution is -0.135. The molecule has 1 aromatic carbocycles. The quantitative estimate of drug-likeness (QED) is 0.903. The van der Waals surface area contributed by atoms with Crippen molar-refractivity contribution in [3.05, 3.63) is 48.2 Å². The molecule has 0 aliphatic carbocycles. The largest absolute Gasteiger partial charge is 0.356 e. The number of aryl methyl sites for hydroxylation is 1. The van der Waals surface area contributed by atoms with Gasteiger partial charge in [0.1, 0.15) is 11.4 Å². The molecule has 1 N–H and O–H groups in total. The van der Waals surface area contributed by atoms with E-state index in [4.69, 9.17) is 0 Å². The number of rotatable bonds is 5. The molecule has 0 unspecified atom stereocenters. The number of benzene rings is 1. The molecule has 3 rings (SSSR count). The maximum Gasteiger partial charge on any atom is 0.247 e. The maximum atomic E-state index is 12.9. The highest BCUT2D eigenvalue weighted by Crippen LogP contribution is 2.29. The van der Waals surface area contributed by atoms with E-state index in [-0.39, 0.29) is 5.91 Å². The topological polar surface area (TPSA) is 53.4 Å². The van der Waals surface area contributed by atoms with E-state index in [0.717, 1.165) is 38.3 Å². The minimum absolute atomic E-state index is 0.132. The Morgan fingerprint density at radius 3 is 2.44 bits per heavy atom. The zero-order chi connectivity index (χ0) is 17.9. The number of carbonyl (C=O) groups excluding carboxylic acids is 1. The number of likely N-dealkylation sites (N-methyl/N-ethyl adjacent to an activating group) is 1. The van der Waals surface area contributed by atoms with Gasteiger partial charge in [-0.2, -0.15) is 5.10 Å². The van der Waals surface area contributed by atoms with E-state index in [1.165, 1.54) is 5.56 Å². The molecule has 1 fully saturated rings. The molecule has 0 saturated carbocycles. The summed E-state index contributed by atoms with van der Waals surface area (Å²) in [5, 5.41) is 7.70. The van der Waals surface area contributed by atoms with E-state index in [9.17, 15) is 4.79 Å². The van der Waals surface area contributed by atoms with E-state index in [0.29, 0.717) is 0 Å². The number of hydrogen-bond acceptors (Lipinski definition) is 4. The van der Waals surface area contributed by atoms with Gasteiger partial charge in [-0.1, -0.05) is 30.3 Å². The number of amides is 1. The van der Waals surface area contributed by atoms with E-state index >= 15 is 0 Å². The van der Waals surface area contributed by atoms with E-state index in [1.807, 2.05) is 33.3 Å². The molecule has 1 aliphatic rings. The standard InChI is InChI=1S/C19H27N5O/c1-22(2)18(25)19(21-17-9-12-20-23(17)3)10-13-24(14-11-19)15-16-7-5-4-6-8-16/h4-9,12,21H,10-11,13-15H2,1-3H3. The molecule has 0 atom stereocenters. The molecule has 6 nitrogen and oxygen atoms in total. The third kappa shape index (κ3) is 3.85. The normalized spacial score (nSPS) is 17.2. The summed E-state index contributed by atoms with van der Waals surface area (Å²) in [6.07, 6.45) is 3.31. The van der Waals surface area contributed by atoms with Crippen molar-refractivity contribution in [2.24, 2.45) is 7.05 Å². The molecule has 1 aromatic heterocycles. The molecular weight excluding hydrogens is 314 g/mol. The fraction of sp³-hybridized carbons (Fsp3) is 0.474. The molecule has 134 valence electrons. The Kier molecular flexibility index (Phi) is 5.08. The Bertz CT molecular complexity index is 702. The van der Waals surface area contributed by atoms with Crippen molar-refractivity contribution in [1.29, 1.82) is 0 Å². The van der Waals surface area contributed by atoms with Gasteiger partial charge < -0.3 is 10.2 Å². The number of nitrogens with one attached hydrogen (secondary N) is 1. The molecular formula is C19H27N5O. The van der Waals surface area contributed by atoms with Crippen LogP contribution in [0.4, 0.5) is 5.82 Å². The fourth-order valence-electron chi connectivity index (χ4n) is 3.50. The Labute approximate surface area is 149 Å². The van der Waals surface area contributed by atoms with Crippen LogP contribution in [0.1, 0.15) is 18.4 Å². The number of likely N-dealkylation sites (tertiary alicyclic amines) is 1. The SMILES string of the molecule is CN(C)C(=O)C1(Nc2ccnn2C)CCN(Cc2ccccc2)CC1. The van der Waals surface area contributed by atoms with Gasteiger partial charge in [-0.15, -0.1) is 0 Å². The van der Waals surface area contributed by atoms with Crippen molar-refractivity contribution < 1.29 is 4.79 Å². The number of aromatic nitrogens is 2. The van der Waals surface area contributed by atoms with Crippen LogP contribution in [-0.4, -0.2) is 58.2 Å². The Morgan fingerprint density at radius 1 is 1.20 bits per heavy atom. The molecule has 1 amide bonds. The molecule has 6 heteroatoms. The zero-order valence-electron chi connectivity index (χ0n) is 15.3. The molecule has 2 aromatic rings. The Morgan fingerprint density at radius 2 is 1.88 bits per heavy atom. The van der Waals surface area contributed by atoms with Crippen LogP contribution in [0.25, 0.3) is 0 Å². The smallest absolute Gasteiger partial charge is 0.247 e. The molecule has 1 aliphatic heterocycles. The highest BCUT2D eigenvalue weighted by molar-refractivity contribution is 5.89. The van der Waals surface area contributed by atoms with Gasteiger partial charge in [-0.25, -0.2) is 0 Å². The second-order valence-electron chi connectivity index (χ2n) is 7.01. The number of anilines is 1. The summed E-state index contributed by atoms with van der Waals surface area (Å²) in [6.45, 7) is 2.71. The predicted octanol–water partition coefficient (Wildman–Crippen LogP) is 1.95. The average Bonchev–Trinajstić information content (AvgIpc) is 3.01.